The van der Waals surface area contributed by atoms with Crippen molar-refractivity contribution in [3.8, 4) is 0 Å². The highest BCUT2D eigenvalue weighted by Gasteiger charge is 2.25. The van der Waals surface area contributed by atoms with Gasteiger partial charge in [-0.1, -0.05) is 64.4 Å². The van der Waals surface area contributed by atoms with Crippen LogP contribution in [0.3, 0.4) is 0 Å². The highest BCUT2D eigenvalue weighted by molar-refractivity contribution is 5.20. The minimum absolute atomic E-state index is 0.438. The van der Waals surface area contributed by atoms with E-state index in [4.69, 9.17) is 0 Å². The van der Waals surface area contributed by atoms with Crippen molar-refractivity contribution < 1.29 is 0 Å². The van der Waals surface area contributed by atoms with Gasteiger partial charge >= 0.3 is 0 Å². The Morgan fingerprint density at radius 1 is 1.00 bits per heavy atom. The molecule has 0 spiro atoms. The molecule has 21 heavy (non-hydrogen) atoms. The topological polar surface area (TPSA) is 15.3 Å². The predicted octanol–water partition coefficient (Wildman–Crippen LogP) is 4.63. The highest BCUT2D eigenvalue weighted by atomic mass is 15.2. The normalized spacial score (nSPS) is 14.3. The van der Waals surface area contributed by atoms with Crippen molar-refractivity contribution in [2.24, 2.45) is 0 Å². The van der Waals surface area contributed by atoms with E-state index in [9.17, 15) is 0 Å². The van der Waals surface area contributed by atoms with Crippen LogP contribution in [-0.2, 0) is 0 Å². The summed E-state index contributed by atoms with van der Waals surface area (Å²) in [4.78, 5) is 2.66. The number of nitrogens with zero attached hydrogens (tertiary/aromatic N) is 1. The fourth-order valence-corrected chi connectivity index (χ4v) is 3.06. The third kappa shape index (κ3) is 5.80. The maximum Gasteiger partial charge on any atom is 0.0478 e. The number of hydrogen-bond donors (Lipinski definition) is 1. The Kier molecular flexibility index (Phi) is 9.36. The lowest BCUT2D eigenvalue weighted by atomic mass is 9.95. The monoisotopic (exact) mass is 290 g/mol. The number of unbranched alkanes of at least 4 members (excludes halogenated alkanes) is 1. The predicted molar refractivity (Wildman–Crippen MR) is 93.7 cm³/mol. The maximum absolute atomic E-state index is 3.79. The number of rotatable bonds is 11. The second-order valence-electron chi connectivity index (χ2n) is 5.80. The Morgan fingerprint density at radius 2 is 1.71 bits per heavy atom. The van der Waals surface area contributed by atoms with Gasteiger partial charge < -0.3 is 5.32 Å². The zero-order chi connectivity index (χ0) is 15.5. The van der Waals surface area contributed by atoms with Crippen molar-refractivity contribution in [1.82, 2.24) is 10.2 Å². The van der Waals surface area contributed by atoms with Crippen molar-refractivity contribution in [2.75, 3.05) is 19.6 Å². The summed E-state index contributed by atoms with van der Waals surface area (Å²) < 4.78 is 0. The van der Waals surface area contributed by atoms with Crippen LogP contribution in [0.2, 0.25) is 0 Å². The molecule has 0 aromatic heterocycles. The lowest BCUT2D eigenvalue weighted by Crippen LogP contribution is -2.45. The number of likely N-dealkylation sites (N-methyl/N-ethyl adjacent to an activating group) is 1. The first-order valence-electron chi connectivity index (χ1n) is 8.80. The van der Waals surface area contributed by atoms with Crippen LogP contribution in [0.25, 0.3) is 0 Å². The van der Waals surface area contributed by atoms with Crippen molar-refractivity contribution >= 4 is 0 Å². The summed E-state index contributed by atoms with van der Waals surface area (Å²) in [5.41, 5.74) is 1.42. The summed E-state index contributed by atoms with van der Waals surface area (Å²) >= 11 is 0. The van der Waals surface area contributed by atoms with Crippen LogP contribution in [-0.4, -0.2) is 30.6 Å². The molecule has 2 nitrogen and oxygen atoms in total. The maximum atomic E-state index is 3.79. The van der Waals surface area contributed by atoms with E-state index >= 15 is 0 Å². The van der Waals surface area contributed by atoms with E-state index in [0.717, 1.165) is 13.1 Å². The third-order valence-corrected chi connectivity index (χ3v) is 4.25. The lowest BCUT2D eigenvalue weighted by molar-refractivity contribution is 0.156. The molecule has 0 fully saturated rings. The minimum Gasteiger partial charge on any atom is -0.309 e. The first-order chi connectivity index (χ1) is 10.3. The van der Waals surface area contributed by atoms with E-state index < -0.39 is 0 Å². The van der Waals surface area contributed by atoms with Crippen molar-refractivity contribution in [3.05, 3.63) is 35.9 Å². The van der Waals surface area contributed by atoms with Crippen molar-refractivity contribution in [2.45, 2.75) is 65.5 Å². The van der Waals surface area contributed by atoms with Crippen LogP contribution >= 0.6 is 0 Å². The Bertz CT molecular complexity index is 350. The standard InChI is InChI=1S/C19H34N2/c1-5-9-16-21(8-4)18(7-3)19(20-15-6-2)17-13-11-10-12-14-17/h10-14,18-20H,5-9,15-16H2,1-4H3. The van der Waals surface area contributed by atoms with E-state index in [-0.39, 0.29) is 0 Å². The smallest absolute Gasteiger partial charge is 0.0478 e. The van der Waals surface area contributed by atoms with E-state index in [2.05, 4.69) is 68.2 Å². The Morgan fingerprint density at radius 3 is 2.24 bits per heavy atom. The average Bonchev–Trinajstić information content (AvgIpc) is 2.54. The molecule has 0 amide bonds. The van der Waals surface area contributed by atoms with Crippen molar-refractivity contribution in [1.29, 1.82) is 0 Å². The van der Waals surface area contributed by atoms with Gasteiger partial charge in [0.1, 0.15) is 0 Å². The molecule has 120 valence electrons. The van der Waals surface area contributed by atoms with Gasteiger partial charge in [-0.05, 0) is 44.5 Å². The zero-order valence-corrected chi connectivity index (χ0v) is 14.4. The lowest BCUT2D eigenvalue weighted by Gasteiger charge is -2.37. The van der Waals surface area contributed by atoms with Crippen LogP contribution in [0.5, 0.6) is 0 Å². The molecule has 2 unspecified atom stereocenters. The SMILES string of the molecule is CCCCN(CC)C(CC)C(NCCC)c1ccccc1. The molecule has 0 aliphatic heterocycles. The second kappa shape index (κ2) is 10.8. The molecule has 2 atom stereocenters. The molecule has 1 aromatic rings. The molecule has 1 rings (SSSR count). The van der Waals surface area contributed by atoms with E-state index in [1.54, 1.807) is 0 Å². The Labute approximate surface area is 131 Å². The van der Waals surface area contributed by atoms with Gasteiger partial charge in [0, 0.05) is 12.1 Å². The third-order valence-electron chi connectivity index (χ3n) is 4.25. The summed E-state index contributed by atoms with van der Waals surface area (Å²) in [6, 6.07) is 12.0. The van der Waals surface area contributed by atoms with Gasteiger partial charge in [0.25, 0.3) is 0 Å². The summed E-state index contributed by atoms with van der Waals surface area (Å²) in [6.07, 6.45) is 4.93. The highest BCUT2D eigenvalue weighted by Crippen LogP contribution is 2.24. The molecular weight excluding hydrogens is 256 g/mol. The molecule has 0 saturated heterocycles. The number of benzene rings is 1. The van der Waals surface area contributed by atoms with E-state index in [1.165, 1.54) is 37.8 Å². The summed E-state index contributed by atoms with van der Waals surface area (Å²) in [5, 5.41) is 3.79. The average molecular weight is 290 g/mol. The fourth-order valence-electron chi connectivity index (χ4n) is 3.06. The summed E-state index contributed by atoms with van der Waals surface area (Å²) in [5.74, 6) is 0. The molecule has 0 aliphatic carbocycles. The molecule has 1 N–H and O–H groups in total. The first kappa shape index (κ1) is 18.2. The second-order valence-corrected chi connectivity index (χ2v) is 5.80. The van der Waals surface area contributed by atoms with Crippen LogP contribution in [0.4, 0.5) is 0 Å². The van der Waals surface area contributed by atoms with Gasteiger partial charge in [-0.2, -0.15) is 0 Å². The van der Waals surface area contributed by atoms with Crippen LogP contribution < -0.4 is 5.32 Å². The van der Waals surface area contributed by atoms with Gasteiger partial charge in [-0.15, -0.1) is 0 Å². The first-order valence-corrected chi connectivity index (χ1v) is 8.80. The molecule has 0 radical (unpaired) electrons. The van der Waals surface area contributed by atoms with E-state index in [0.29, 0.717) is 12.1 Å². The Balaban J connectivity index is 2.91. The molecule has 0 aliphatic rings. The minimum atomic E-state index is 0.438. The molecular formula is C19H34N2. The van der Waals surface area contributed by atoms with Gasteiger partial charge in [0.05, 0.1) is 0 Å². The zero-order valence-electron chi connectivity index (χ0n) is 14.4. The van der Waals surface area contributed by atoms with Gasteiger partial charge in [0.2, 0.25) is 0 Å². The van der Waals surface area contributed by atoms with Gasteiger partial charge in [-0.3, -0.25) is 4.90 Å². The van der Waals surface area contributed by atoms with Crippen LogP contribution in [0.1, 0.15) is 65.0 Å². The quantitative estimate of drug-likeness (QED) is 0.639. The van der Waals surface area contributed by atoms with Gasteiger partial charge in [-0.25, -0.2) is 0 Å². The molecule has 1 aromatic carbocycles. The Hall–Kier alpha value is -0.860. The van der Waals surface area contributed by atoms with E-state index in [1.807, 2.05) is 0 Å². The van der Waals surface area contributed by atoms with Crippen LogP contribution in [0, 0.1) is 0 Å². The molecule has 0 bridgehead atoms. The number of nitrogens with one attached hydrogen (secondary N) is 1. The molecule has 0 heterocycles. The molecule has 0 saturated carbocycles. The molecule has 2 heteroatoms. The number of hydrogen-bond acceptors (Lipinski definition) is 2. The van der Waals surface area contributed by atoms with Crippen LogP contribution in [0.15, 0.2) is 30.3 Å². The summed E-state index contributed by atoms with van der Waals surface area (Å²) in [7, 11) is 0. The largest absolute Gasteiger partial charge is 0.309 e. The fraction of sp³-hybridized carbons (Fsp3) is 0.684. The summed E-state index contributed by atoms with van der Waals surface area (Å²) in [6.45, 7) is 12.6. The van der Waals surface area contributed by atoms with Gasteiger partial charge in [0.15, 0.2) is 0 Å². The van der Waals surface area contributed by atoms with Crippen molar-refractivity contribution in [3.63, 3.8) is 0 Å².